The van der Waals surface area contributed by atoms with Gasteiger partial charge < -0.3 is 19.6 Å². The summed E-state index contributed by atoms with van der Waals surface area (Å²) in [6.45, 7) is 12.4. The third-order valence-corrected chi connectivity index (χ3v) is 10.8. The maximum Gasteiger partial charge on any atom is 0.247 e. The molecule has 3 amide bonds. The fourth-order valence-electron chi connectivity index (χ4n) is 7.33. The van der Waals surface area contributed by atoms with Crippen LogP contribution in [-0.4, -0.2) is 95.7 Å². The molecule has 2 heterocycles. The summed E-state index contributed by atoms with van der Waals surface area (Å²) in [4.78, 5) is 51.1. The van der Waals surface area contributed by atoms with E-state index in [1.54, 1.807) is 17.9 Å². The fourth-order valence-corrected chi connectivity index (χ4v) is 7.33. The summed E-state index contributed by atoms with van der Waals surface area (Å²) >= 11 is 0. The van der Waals surface area contributed by atoms with Crippen LogP contribution in [0.15, 0.2) is 109 Å². The van der Waals surface area contributed by atoms with E-state index in [-0.39, 0.29) is 24.3 Å². The molecule has 4 aromatic rings. The number of piperazine rings is 2. The van der Waals surface area contributed by atoms with Gasteiger partial charge in [0.2, 0.25) is 17.7 Å². The van der Waals surface area contributed by atoms with Crippen LogP contribution >= 0.6 is 0 Å². The second-order valence-electron chi connectivity index (χ2n) is 14.9. The Balaban J connectivity index is 1.24. The lowest BCUT2D eigenvalue weighted by atomic mass is 10.0. The maximum atomic E-state index is 14.7. The molecule has 284 valence electrons. The third kappa shape index (κ3) is 10.5. The molecule has 2 fully saturated rings. The van der Waals surface area contributed by atoms with Crippen molar-refractivity contribution in [3.05, 3.63) is 143 Å². The summed E-state index contributed by atoms with van der Waals surface area (Å²) in [6.07, 6.45) is 3.84. The van der Waals surface area contributed by atoms with E-state index in [0.717, 1.165) is 47.6 Å². The molecule has 0 unspecified atom stereocenters. The molecule has 6 rings (SSSR count). The number of benzene rings is 4. The van der Waals surface area contributed by atoms with Gasteiger partial charge in [0.05, 0.1) is 11.6 Å². The highest BCUT2D eigenvalue weighted by Crippen LogP contribution is 2.23. The number of hydrogen-bond donors (Lipinski definition) is 0. The zero-order valence-corrected chi connectivity index (χ0v) is 32.3. The average Bonchev–Trinajstić information content (AvgIpc) is 3.22. The van der Waals surface area contributed by atoms with Gasteiger partial charge in [0.1, 0.15) is 6.04 Å². The van der Waals surface area contributed by atoms with Crippen molar-refractivity contribution in [3.8, 4) is 6.07 Å². The lowest BCUT2D eigenvalue weighted by Gasteiger charge is -2.39. The van der Waals surface area contributed by atoms with Crippen LogP contribution in [0.5, 0.6) is 0 Å². The highest BCUT2D eigenvalue weighted by molar-refractivity contribution is 5.96. The van der Waals surface area contributed by atoms with E-state index in [9.17, 15) is 19.6 Å². The summed E-state index contributed by atoms with van der Waals surface area (Å²) < 4.78 is 0. The summed E-state index contributed by atoms with van der Waals surface area (Å²) in [5, 5.41) is 9.18. The first-order valence-corrected chi connectivity index (χ1v) is 19.4. The van der Waals surface area contributed by atoms with Gasteiger partial charge in [0.25, 0.3) is 0 Å². The lowest BCUT2D eigenvalue weighted by Crippen LogP contribution is -2.56. The van der Waals surface area contributed by atoms with Crippen molar-refractivity contribution in [1.82, 2.24) is 19.6 Å². The molecule has 55 heavy (non-hydrogen) atoms. The maximum absolute atomic E-state index is 14.7. The normalized spacial score (nSPS) is 15.6. The number of nitrogens with zero attached hydrogens (tertiary/aromatic N) is 6. The highest BCUT2D eigenvalue weighted by Gasteiger charge is 2.34. The van der Waals surface area contributed by atoms with E-state index >= 15 is 0 Å². The van der Waals surface area contributed by atoms with E-state index in [2.05, 4.69) is 54.0 Å². The minimum absolute atomic E-state index is 0.0510. The Labute approximate surface area is 326 Å². The number of nitriles is 1. The number of amides is 3. The zero-order chi connectivity index (χ0) is 38.7. The predicted octanol–water partition coefficient (Wildman–Crippen LogP) is 6.35. The molecule has 0 radical (unpaired) electrons. The van der Waals surface area contributed by atoms with E-state index in [4.69, 9.17) is 0 Å². The van der Waals surface area contributed by atoms with Crippen molar-refractivity contribution in [2.45, 2.75) is 52.2 Å². The molecule has 4 aromatic carbocycles. The topological polar surface area (TPSA) is 91.2 Å². The Hall–Kier alpha value is -5.72. The predicted molar refractivity (Wildman–Crippen MR) is 218 cm³/mol. The molecular formula is C46H52N6O3. The summed E-state index contributed by atoms with van der Waals surface area (Å²) in [6, 6.07) is 35.6. The summed E-state index contributed by atoms with van der Waals surface area (Å²) in [5.74, 6) is 0.247. The highest BCUT2D eigenvalue weighted by atomic mass is 16.2. The molecule has 0 aromatic heterocycles. The van der Waals surface area contributed by atoms with Crippen LogP contribution in [0.25, 0.3) is 6.08 Å². The van der Waals surface area contributed by atoms with Gasteiger partial charge >= 0.3 is 0 Å². The van der Waals surface area contributed by atoms with E-state index in [1.165, 1.54) is 5.56 Å². The van der Waals surface area contributed by atoms with Crippen LogP contribution in [-0.2, 0) is 33.9 Å². The smallest absolute Gasteiger partial charge is 0.247 e. The second kappa shape index (κ2) is 18.5. The van der Waals surface area contributed by atoms with Crippen LogP contribution in [0.2, 0.25) is 0 Å². The molecule has 9 nitrogen and oxygen atoms in total. The van der Waals surface area contributed by atoms with Gasteiger partial charge in [-0.25, -0.2) is 0 Å². The van der Waals surface area contributed by atoms with E-state index < -0.39 is 6.04 Å². The van der Waals surface area contributed by atoms with Gasteiger partial charge in [-0.05, 0) is 64.1 Å². The Morgan fingerprint density at radius 1 is 0.727 bits per heavy atom. The van der Waals surface area contributed by atoms with Crippen molar-refractivity contribution in [2.75, 3.05) is 57.3 Å². The Morgan fingerprint density at radius 3 is 1.95 bits per heavy atom. The molecule has 0 bridgehead atoms. The number of carbonyl (C=O) groups excluding carboxylic acids is 3. The van der Waals surface area contributed by atoms with E-state index in [0.29, 0.717) is 57.2 Å². The molecule has 2 saturated heterocycles. The number of hydrogen-bond acceptors (Lipinski definition) is 6. The first-order valence-electron chi connectivity index (χ1n) is 19.4. The van der Waals surface area contributed by atoms with Gasteiger partial charge in [-0.1, -0.05) is 92.7 Å². The van der Waals surface area contributed by atoms with Crippen LogP contribution < -0.4 is 4.90 Å². The molecule has 0 saturated carbocycles. The van der Waals surface area contributed by atoms with Gasteiger partial charge in [0, 0.05) is 90.6 Å². The monoisotopic (exact) mass is 736 g/mol. The molecular weight excluding hydrogens is 685 g/mol. The molecule has 0 N–H and O–H groups in total. The number of anilines is 1. The van der Waals surface area contributed by atoms with Gasteiger partial charge in [0.15, 0.2) is 0 Å². The van der Waals surface area contributed by atoms with Crippen molar-refractivity contribution in [1.29, 1.82) is 5.26 Å². The average molecular weight is 737 g/mol. The van der Waals surface area contributed by atoms with Gasteiger partial charge in [-0.15, -0.1) is 0 Å². The summed E-state index contributed by atoms with van der Waals surface area (Å²) in [5.41, 5.74) is 6.94. The van der Waals surface area contributed by atoms with Gasteiger partial charge in [-0.2, -0.15) is 5.26 Å². The first kappa shape index (κ1) is 39.0. The molecule has 2 aliphatic heterocycles. The van der Waals surface area contributed by atoms with Crippen LogP contribution in [0.4, 0.5) is 5.69 Å². The minimum Gasteiger partial charge on any atom is -0.368 e. The van der Waals surface area contributed by atoms with Crippen molar-refractivity contribution < 1.29 is 14.4 Å². The van der Waals surface area contributed by atoms with E-state index in [1.807, 2.05) is 94.7 Å². The quantitative estimate of drug-likeness (QED) is 0.158. The number of rotatable bonds is 12. The lowest BCUT2D eigenvalue weighted by molar-refractivity contribution is -0.145. The largest absolute Gasteiger partial charge is 0.368 e. The van der Waals surface area contributed by atoms with Crippen LogP contribution in [0, 0.1) is 11.3 Å². The third-order valence-electron chi connectivity index (χ3n) is 10.8. The van der Waals surface area contributed by atoms with Crippen molar-refractivity contribution >= 4 is 29.5 Å². The molecule has 9 heteroatoms. The second-order valence-corrected chi connectivity index (χ2v) is 14.9. The van der Waals surface area contributed by atoms with Crippen LogP contribution in [0.3, 0.4) is 0 Å². The minimum atomic E-state index is -0.715. The Morgan fingerprint density at radius 2 is 1.35 bits per heavy atom. The standard InChI is InChI=1S/C46H52N6O3/c1-35(2)42-18-13-37(14-19-42)17-22-45(54)52(34-41-15-20-43(21-16-41)50-29-27-49(28-30-50)36(3)53)44(31-38-7-5-4-6-8-38)46(55)51-25-23-48(24-26-51)33-40-11-9-39(32-47)10-12-40/h4-22,35,44H,23-31,33-34H2,1-3H3/b22-17+/t44-/m0/s1. The summed E-state index contributed by atoms with van der Waals surface area (Å²) in [7, 11) is 0. The first-order chi connectivity index (χ1) is 26.7. The SMILES string of the molecule is CC(=O)N1CCN(c2ccc(CN(C(=O)/C=C/c3ccc(C(C)C)cc3)[C@@H](Cc3ccccc3)C(=O)N3CCN(Cc4ccc(C#N)cc4)CC3)cc2)CC1. The van der Waals surface area contributed by atoms with Crippen molar-refractivity contribution in [3.63, 3.8) is 0 Å². The number of carbonyl (C=O) groups is 3. The fraction of sp³-hybridized carbons (Fsp3) is 0.348. The van der Waals surface area contributed by atoms with Gasteiger partial charge in [-0.3, -0.25) is 19.3 Å². The molecule has 0 aliphatic carbocycles. The Kier molecular flexibility index (Phi) is 13.1. The Bertz CT molecular complexity index is 1950. The molecule has 2 aliphatic rings. The van der Waals surface area contributed by atoms with Crippen LogP contribution in [0.1, 0.15) is 60.1 Å². The zero-order valence-electron chi connectivity index (χ0n) is 32.3. The molecule has 1 atom stereocenters. The van der Waals surface area contributed by atoms with Crippen molar-refractivity contribution in [2.24, 2.45) is 0 Å². The molecule has 0 spiro atoms.